The Labute approximate surface area is 78.8 Å². The van der Waals surface area contributed by atoms with E-state index in [9.17, 15) is 0 Å². The van der Waals surface area contributed by atoms with E-state index in [0.717, 1.165) is 5.56 Å². The summed E-state index contributed by atoms with van der Waals surface area (Å²) in [6, 6.07) is 10.0. The van der Waals surface area contributed by atoms with Gasteiger partial charge in [-0.1, -0.05) is 36.4 Å². The molecule has 0 aromatic heterocycles. The second kappa shape index (κ2) is 5.51. The summed E-state index contributed by atoms with van der Waals surface area (Å²) >= 11 is 0. The molecule has 0 amide bonds. The number of hydrogen-bond donors (Lipinski definition) is 0. The van der Waals surface area contributed by atoms with Crippen LogP contribution in [-0.4, -0.2) is 20.5 Å². The molecule has 0 N–H and O–H groups in total. The maximum Gasteiger partial charge on any atom is 0.176 e. The lowest BCUT2D eigenvalue weighted by molar-refractivity contribution is -0.0660. The molecule has 70 valence electrons. The van der Waals surface area contributed by atoms with Crippen LogP contribution in [0.2, 0.25) is 0 Å². The van der Waals surface area contributed by atoms with Crippen LogP contribution in [0.1, 0.15) is 5.56 Å². The average Bonchev–Trinajstić information content (AvgIpc) is 2.21. The van der Waals surface area contributed by atoms with Gasteiger partial charge in [-0.2, -0.15) is 0 Å². The first kappa shape index (κ1) is 9.96. The third-order valence-corrected chi connectivity index (χ3v) is 1.71. The topological polar surface area (TPSA) is 18.5 Å². The summed E-state index contributed by atoms with van der Waals surface area (Å²) in [4.78, 5) is 0. The Morgan fingerprint density at radius 1 is 1.08 bits per heavy atom. The molecular formula is C11H14O2. The van der Waals surface area contributed by atoms with Gasteiger partial charge in [-0.15, -0.1) is 0 Å². The molecule has 0 bridgehead atoms. The first-order valence-electron chi connectivity index (χ1n) is 4.15. The molecule has 1 aromatic carbocycles. The highest BCUT2D eigenvalue weighted by Gasteiger charge is 1.96. The van der Waals surface area contributed by atoms with Crippen LogP contribution in [-0.2, 0) is 9.47 Å². The van der Waals surface area contributed by atoms with Crippen molar-refractivity contribution in [2.24, 2.45) is 0 Å². The van der Waals surface area contributed by atoms with Crippen LogP contribution in [0.15, 0.2) is 36.4 Å². The van der Waals surface area contributed by atoms with Crippen LogP contribution in [0.5, 0.6) is 0 Å². The highest BCUT2D eigenvalue weighted by Crippen LogP contribution is 2.03. The summed E-state index contributed by atoms with van der Waals surface area (Å²) in [7, 11) is 3.23. The van der Waals surface area contributed by atoms with Gasteiger partial charge in [-0.05, 0) is 11.6 Å². The van der Waals surface area contributed by atoms with E-state index in [4.69, 9.17) is 9.47 Å². The van der Waals surface area contributed by atoms with E-state index in [1.165, 1.54) is 0 Å². The molecule has 2 nitrogen and oxygen atoms in total. The van der Waals surface area contributed by atoms with Crippen LogP contribution in [0.25, 0.3) is 6.08 Å². The molecule has 0 saturated heterocycles. The molecular weight excluding hydrogens is 164 g/mol. The molecule has 0 aliphatic heterocycles. The minimum Gasteiger partial charge on any atom is -0.352 e. The minimum absolute atomic E-state index is 0.264. The molecule has 0 heterocycles. The number of ether oxygens (including phenoxy) is 2. The van der Waals surface area contributed by atoms with Crippen molar-refractivity contribution in [2.45, 2.75) is 6.29 Å². The summed E-state index contributed by atoms with van der Waals surface area (Å²) < 4.78 is 10.0. The molecule has 0 radical (unpaired) electrons. The molecule has 1 aromatic rings. The Morgan fingerprint density at radius 2 is 1.69 bits per heavy atom. The highest BCUT2D eigenvalue weighted by atomic mass is 16.7. The normalized spacial score (nSPS) is 11.3. The van der Waals surface area contributed by atoms with Gasteiger partial charge >= 0.3 is 0 Å². The van der Waals surface area contributed by atoms with Crippen molar-refractivity contribution in [2.75, 3.05) is 14.2 Å². The smallest absolute Gasteiger partial charge is 0.176 e. The third kappa shape index (κ3) is 3.40. The number of hydrogen-bond acceptors (Lipinski definition) is 2. The number of rotatable bonds is 4. The predicted octanol–water partition coefficient (Wildman–Crippen LogP) is 2.32. The van der Waals surface area contributed by atoms with Crippen molar-refractivity contribution in [3.63, 3.8) is 0 Å². The van der Waals surface area contributed by atoms with Crippen molar-refractivity contribution in [3.05, 3.63) is 42.0 Å². The van der Waals surface area contributed by atoms with Crippen LogP contribution < -0.4 is 0 Å². The van der Waals surface area contributed by atoms with Gasteiger partial charge in [0, 0.05) is 14.2 Å². The Morgan fingerprint density at radius 3 is 2.23 bits per heavy atom. The molecule has 2 heteroatoms. The SMILES string of the molecule is COC(/C=C/c1ccccc1)OC. The summed E-state index contributed by atoms with van der Waals surface area (Å²) in [5.74, 6) is 0. The van der Waals surface area contributed by atoms with E-state index in [1.807, 2.05) is 42.5 Å². The highest BCUT2D eigenvalue weighted by molar-refractivity contribution is 5.48. The van der Waals surface area contributed by atoms with Gasteiger partial charge in [0.25, 0.3) is 0 Å². The van der Waals surface area contributed by atoms with E-state index < -0.39 is 0 Å². The van der Waals surface area contributed by atoms with Crippen LogP contribution >= 0.6 is 0 Å². The Bertz CT molecular complexity index is 250. The Balaban J connectivity index is 2.57. The molecule has 13 heavy (non-hydrogen) atoms. The Hall–Kier alpha value is -1.12. The zero-order valence-electron chi connectivity index (χ0n) is 7.94. The summed E-state index contributed by atoms with van der Waals surface area (Å²) in [6.45, 7) is 0. The van der Waals surface area contributed by atoms with Gasteiger partial charge in [0.15, 0.2) is 6.29 Å². The molecule has 0 saturated carbocycles. The van der Waals surface area contributed by atoms with Gasteiger partial charge in [0.05, 0.1) is 0 Å². The maximum absolute atomic E-state index is 5.01. The van der Waals surface area contributed by atoms with E-state index in [-0.39, 0.29) is 6.29 Å². The monoisotopic (exact) mass is 178 g/mol. The van der Waals surface area contributed by atoms with E-state index in [0.29, 0.717) is 0 Å². The van der Waals surface area contributed by atoms with Gasteiger partial charge in [0.2, 0.25) is 0 Å². The average molecular weight is 178 g/mol. The lowest BCUT2D eigenvalue weighted by Gasteiger charge is -2.06. The fourth-order valence-corrected chi connectivity index (χ4v) is 1.01. The number of benzene rings is 1. The zero-order valence-corrected chi connectivity index (χ0v) is 7.94. The molecule has 0 spiro atoms. The summed E-state index contributed by atoms with van der Waals surface area (Å²) in [5, 5.41) is 0. The van der Waals surface area contributed by atoms with Crippen molar-refractivity contribution in [3.8, 4) is 0 Å². The van der Waals surface area contributed by atoms with Crippen molar-refractivity contribution in [1.29, 1.82) is 0 Å². The summed E-state index contributed by atoms with van der Waals surface area (Å²) in [6.07, 6.45) is 3.58. The molecule has 0 aliphatic carbocycles. The van der Waals surface area contributed by atoms with E-state index in [2.05, 4.69) is 0 Å². The largest absolute Gasteiger partial charge is 0.352 e. The lowest BCUT2D eigenvalue weighted by atomic mass is 10.2. The molecule has 0 atom stereocenters. The zero-order chi connectivity index (χ0) is 9.52. The van der Waals surface area contributed by atoms with Crippen LogP contribution in [0, 0.1) is 0 Å². The van der Waals surface area contributed by atoms with Gasteiger partial charge in [-0.3, -0.25) is 0 Å². The van der Waals surface area contributed by atoms with Crippen LogP contribution in [0.3, 0.4) is 0 Å². The lowest BCUT2D eigenvalue weighted by Crippen LogP contribution is -2.08. The van der Waals surface area contributed by atoms with Crippen molar-refractivity contribution >= 4 is 6.08 Å². The molecule has 1 rings (SSSR count). The fraction of sp³-hybridized carbons (Fsp3) is 0.273. The first-order chi connectivity index (χ1) is 6.36. The third-order valence-electron chi connectivity index (χ3n) is 1.71. The predicted molar refractivity (Wildman–Crippen MR) is 53.3 cm³/mol. The van der Waals surface area contributed by atoms with Crippen LogP contribution in [0.4, 0.5) is 0 Å². The van der Waals surface area contributed by atoms with Gasteiger partial charge in [-0.25, -0.2) is 0 Å². The Kier molecular flexibility index (Phi) is 4.23. The maximum atomic E-state index is 5.01. The van der Waals surface area contributed by atoms with Crippen molar-refractivity contribution in [1.82, 2.24) is 0 Å². The standard InChI is InChI=1S/C11H14O2/c1-12-11(13-2)9-8-10-6-4-3-5-7-10/h3-9,11H,1-2H3/b9-8+. The molecule has 0 unspecified atom stereocenters. The second-order valence-electron chi connectivity index (χ2n) is 2.61. The van der Waals surface area contributed by atoms with Crippen molar-refractivity contribution < 1.29 is 9.47 Å². The van der Waals surface area contributed by atoms with Gasteiger partial charge in [0.1, 0.15) is 0 Å². The first-order valence-corrected chi connectivity index (χ1v) is 4.15. The van der Waals surface area contributed by atoms with Gasteiger partial charge < -0.3 is 9.47 Å². The van der Waals surface area contributed by atoms with E-state index in [1.54, 1.807) is 14.2 Å². The molecule has 0 fully saturated rings. The molecule has 0 aliphatic rings. The minimum atomic E-state index is -0.264. The van der Waals surface area contributed by atoms with E-state index >= 15 is 0 Å². The quantitative estimate of drug-likeness (QED) is 0.659. The second-order valence-corrected chi connectivity index (χ2v) is 2.61. The summed E-state index contributed by atoms with van der Waals surface area (Å²) in [5.41, 5.74) is 1.14. The number of methoxy groups -OCH3 is 2. The fourth-order valence-electron chi connectivity index (χ4n) is 1.01.